The van der Waals surface area contributed by atoms with Crippen molar-refractivity contribution < 1.29 is 9.18 Å². The van der Waals surface area contributed by atoms with E-state index in [1.165, 1.54) is 24.3 Å². The molecule has 1 aromatic carbocycles. The Bertz CT molecular complexity index is 372. The van der Waals surface area contributed by atoms with Crippen LogP contribution < -0.4 is 5.32 Å². The van der Waals surface area contributed by atoms with Gasteiger partial charge in [-0.05, 0) is 24.3 Å². The van der Waals surface area contributed by atoms with Crippen LogP contribution in [0.3, 0.4) is 0 Å². The molecule has 0 bridgehead atoms. The third-order valence-electron chi connectivity index (χ3n) is 1.72. The lowest BCUT2D eigenvalue weighted by Gasteiger charge is -2.12. The fourth-order valence-electron chi connectivity index (χ4n) is 0.981. The average molecular weight is 246 g/mol. The van der Waals surface area contributed by atoms with Gasteiger partial charge in [-0.1, -0.05) is 0 Å². The first-order chi connectivity index (χ1) is 7.67. The van der Waals surface area contributed by atoms with E-state index in [-0.39, 0.29) is 12.4 Å². The second-order valence-corrected chi connectivity index (χ2v) is 3.21. The molecule has 0 unspecified atom stereocenters. The van der Waals surface area contributed by atoms with Crippen LogP contribution in [0, 0.1) is 10.7 Å². The Morgan fingerprint density at radius 2 is 2.06 bits per heavy atom. The van der Waals surface area contributed by atoms with Crippen LogP contribution in [0.5, 0.6) is 0 Å². The number of rotatable bonds is 4. The number of amides is 2. The smallest absolute Gasteiger partial charge is 0.306 e. The number of benzene rings is 1. The minimum Gasteiger partial charge on any atom is -0.306 e. The van der Waals surface area contributed by atoms with Crippen molar-refractivity contribution in [2.45, 2.75) is 0 Å². The van der Waals surface area contributed by atoms with E-state index >= 15 is 0 Å². The highest BCUT2D eigenvalue weighted by atomic mass is 35.5. The van der Waals surface area contributed by atoms with Crippen molar-refractivity contribution in [2.24, 2.45) is 5.29 Å². The Labute approximate surface area is 96.1 Å². The lowest BCUT2D eigenvalue weighted by atomic mass is 10.3. The quantitative estimate of drug-likeness (QED) is 0.503. The molecule has 0 aromatic heterocycles. The monoisotopic (exact) mass is 245 g/mol. The van der Waals surface area contributed by atoms with Gasteiger partial charge in [-0.2, -0.15) is 5.01 Å². The van der Waals surface area contributed by atoms with Crippen molar-refractivity contribution in [1.29, 1.82) is 0 Å². The molecule has 2 amide bonds. The van der Waals surface area contributed by atoms with Gasteiger partial charge in [0.1, 0.15) is 5.82 Å². The maximum atomic E-state index is 12.6. The van der Waals surface area contributed by atoms with Gasteiger partial charge in [0.05, 0.1) is 11.8 Å². The minimum atomic E-state index is -0.706. The molecule has 1 rings (SSSR count). The van der Waals surface area contributed by atoms with E-state index in [1.54, 1.807) is 0 Å². The summed E-state index contributed by atoms with van der Waals surface area (Å²) in [6.07, 6.45) is 0. The number of carbonyl (C=O) groups is 1. The molecule has 0 aliphatic rings. The Morgan fingerprint density at radius 1 is 1.44 bits per heavy atom. The molecule has 0 atom stereocenters. The van der Waals surface area contributed by atoms with E-state index in [0.717, 1.165) is 0 Å². The van der Waals surface area contributed by atoms with Crippen LogP contribution in [0.1, 0.15) is 0 Å². The number of urea groups is 1. The van der Waals surface area contributed by atoms with Crippen molar-refractivity contribution in [3.63, 3.8) is 0 Å². The Kier molecular flexibility index (Phi) is 4.65. The molecule has 0 saturated carbocycles. The topological polar surface area (TPSA) is 61.8 Å². The fraction of sp³-hybridized carbons (Fsp3) is 0.222. The lowest BCUT2D eigenvalue weighted by Crippen LogP contribution is -2.31. The van der Waals surface area contributed by atoms with Crippen LogP contribution in [0.2, 0.25) is 0 Å². The SMILES string of the molecule is O=NN(CCCl)C(=O)Nc1ccc(F)cc1. The first kappa shape index (κ1) is 12.4. The summed E-state index contributed by atoms with van der Waals surface area (Å²) in [5, 5.41) is 5.53. The molecule has 1 N–H and O–H groups in total. The molecular formula is C9H9ClFN3O2. The molecule has 0 spiro atoms. The highest BCUT2D eigenvalue weighted by Crippen LogP contribution is 2.09. The number of alkyl halides is 1. The first-order valence-corrected chi connectivity index (χ1v) is 4.94. The van der Waals surface area contributed by atoms with E-state index in [0.29, 0.717) is 10.7 Å². The van der Waals surface area contributed by atoms with Gasteiger partial charge in [0, 0.05) is 11.6 Å². The predicted octanol–water partition coefficient (Wildman–Crippen LogP) is 2.58. The molecule has 0 saturated heterocycles. The van der Waals surface area contributed by atoms with Gasteiger partial charge in [-0.25, -0.2) is 9.18 Å². The third-order valence-corrected chi connectivity index (χ3v) is 1.89. The van der Waals surface area contributed by atoms with E-state index in [1.807, 2.05) is 0 Å². The minimum absolute atomic E-state index is 0.0120. The number of nitroso groups, excluding NO2 is 1. The number of hydrogen-bond acceptors (Lipinski definition) is 3. The summed E-state index contributed by atoms with van der Waals surface area (Å²) in [5.41, 5.74) is 0.370. The molecule has 0 aliphatic heterocycles. The van der Waals surface area contributed by atoms with Crippen molar-refractivity contribution in [3.8, 4) is 0 Å². The molecule has 0 heterocycles. The van der Waals surface area contributed by atoms with Crippen molar-refractivity contribution in [2.75, 3.05) is 17.7 Å². The Hall–Kier alpha value is -1.69. The van der Waals surface area contributed by atoms with Gasteiger partial charge < -0.3 is 5.32 Å². The Morgan fingerprint density at radius 3 is 2.56 bits per heavy atom. The highest BCUT2D eigenvalue weighted by Gasteiger charge is 2.13. The van der Waals surface area contributed by atoms with E-state index in [4.69, 9.17) is 11.6 Å². The van der Waals surface area contributed by atoms with E-state index < -0.39 is 11.8 Å². The summed E-state index contributed by atoms with van der Waals surface area (Å²) < 4.78 is 12.6. The molecule has 1 aromatic rings. The van der Waals surface area contributed by atoms with Gasteiger partial charge in [-0.3, -0.25) is 0 Å². The zero-order valence-electron chi connectivity index (χ0n) is 8.19. The number of nitrogens with one attached hydrogen (secondary N) is 1. The molecule has 0 radical (unpaired) electrons. The zero-order valence-corrected chi connectivity index (χ0v) is 8.95. The number of nitrogens with zero attached hydrogens (tertiary/aromatic N) is 2. The van der Waals surface area contributed by atoms with Crippen LogP contribution in [0.4, 0.5) is 14.9 Å². The van der Waals surface area contributed by atoms with Gasteiger partial charge in [0.15, 0.2) is 0 Å². The van der Waals surface area contributed by atoms with Gasteiger partial charge in [0.25, 0.3) is 0 Å². The number of carbonyl (C=O) groups excluding carboxylic acids is 1. The van der Waals surface area contributed by atoms with Crippen LogP contribution >= 0.6 is 11.6 Å². The summed E-state index contributed by atoms with van der Waals surface area (Å²) in [4.78, 5) is 21.7. The second-order valence-electron chi connectivity index (χ2n) is 2.83. The number of hydrogen-bond donors (Lipinski definition) is 1. The molecule has 86 valence electrons. The second kappa shape index (κ2) is 6.02. The van der Waals surface area contributed by atoms with E-state index in [9.17, 15) is 14.1 Å². The standard InChI is InChI=1S/C9H9ClFN3O2/c10-5-6-14(13-16)9(15)12-8-3-1-7(11)2-4-8/h1-4H,5-6H2,(H,12,15). The summed E-state index contributed by atoms with van der Waals surface area (Å²) in [7, 11) is 0. The maximum Gasteiger partial charge on any atom is 0.344 e. The average Bonchev–Trinajstić information content (AvgIpc) is 2.29. The van der Waals surface area contributed by atoms with Crippen LogP contribution in [-0.2, 0) is 0 Å². The summed E-state index contributed by atoms with van der Waals surface area (Å²) in [6, 6.07) is 4.42. The molecule has 16 heavy (non-hydrogen) atoms. The van der Waals surface area contributed by atoms with Crippen molar-refractivity contribution in [3.05, 3.63) is 35.0 Å². The molecule has 5 nitrogen and oxygen atoms in total. The maximum absolute atomic E-state index is 12.6. The zero-order chi connectivity index (χ0) is 12.0. The van der Waals surface area contributed by atoms with Gasteiger partial charge >= 0.3 is 6.03 Å². The van der Waals surface area contributed by atoms with Crippen LogP contribution in [-0.4, -0.2) is 23.5 Å². The van der Waals surface area contributed by atoms with Gasteiger partial charge in [-0.15, -0.1) is 16.5 Å². The largest absolute Gasteiger partial charge is 0.344 e. The van der Waals surface area contributed by atoms with Crippen LogP contribution in [0.25, 0.3) is 0 Å². The molecule has 0 aliphatic carbocycles. The molecular weight excluding hydrogens is 237 g/mol. The summed E-state index contributed by atoms with van der Waals surface area (Å²) in [6.45, 7) is 0.0120. The first-order valence-electron chi connectivity index (χ1n) is 4.40. The Balaban J connectivity index is 2.62. The predicted molar refractivity (Wildman–Crippen MR) is 58.6 cm³/mol. The summed E-state index contributed by atoms with van der Waals surface area (Å²) in [5.74, 6) is -0.313. The lowest BCUT2D eigenvalue weighted by molar-refractivity contribution is 0.216. The highest BCUT2D eigenvalue weighted by molar-refractivity contribution is 6.18. The summed E-state index contributed by atoms with van der Waals surface area (Å²) >= 11 is 5.37. The molecule has 7 heteroatoms. The van der Waals surface area contributed by atoms with Gasteiger partial charge in [0.2, 0.25) is 0 Å². The van der Waals surface area contributed by atoms with Crippen molar-refractivity contribution >= 4 is 23.3 Å². The number of halogens is 2. The van der Waals surface area contributed by atoms with Crippen molar-refractivity contribution in [1.82, 2.24) is 5.01 Å². The molecule has 0 fully saturated rings. The third kappa shape index (κ3) is 3.47. The normalized spacial score (nSPS) is 9.62. The van der Waals surface area contributed by atoms with E-state index in [2.05, 4.69) is 10.6 Å². The number of anilines is 1. The van der Waals surface area contributed by atoms with Crippen LogP contribution in [0.15, 0.2) is 29.6 Å². The fourth-order valence-corrected chi connectivity index (χ4v) is 1.14.